The molecule has 0 saturated heterocycles. The van der Waals surface area contributed by atoms with E-state index >= 15 is 0 Å². The predicted octanol–water partition coefficient (Wildman–Crippen LogP) is 1.04. The fourth-order valence-corrected chi connectivity index (χ4v) is 2.15. The van der Waals surface area contributed by atoms with Gasteiger partial charge in [-0.1, -0.05) is 11.8 Å². The molecular weight excluding hydrogens is 278 g/mol. The first kappa shape index (κ1) is 14.2. The Morgan fingerprint density at radius 1 is 1.40 bits per heavy atom. The number of carbonyl (C=O) groups is 1. The van der Waals surface area contributed by atoms with Crippen molar-refractivity contribution in [2.75, 3.05) is 24.0 Å². The monoisotopic (exact) mass is 293 g/mol. The number of nitrogens with zero attached hydrogens (tertiary/aromatic N) is 3. The van der Waals surface area contributed by atoms with E-state index in [1.54, 1.807) is 38.3 Å². The summed E-state index contributed by atoms with van der Waals surface area (Å²) in [5.74, 6) is 7.11. The van der Waals surface area contributed by atoms with Crippen molar-refractivity contribution in [3.63, 3.8) is 0 Å². The molecule has 0 spiro atoms. The second-order valence-corrected chi connectivity index (χ2v) is 4.91. The Morgan fingerprint density at radius 2 is 2.10 bits per heavy atom. The number of hydrogen-bond donors (Lipinski definition) is 2. The number of rotatable bonds is 5. The average Bonchev–Trinajstić information content (AvgIpc) is 2.77. The molecule has 0 aliphatic rings. The van der Waals surface area contributed by atoms with E-state index in [1.165, 1.54) is 16.4 Å². The average molecular weight is 293 g/mol. The molecule has 106 valence electrons. The second-order valence-electron chi connectivity index (χ2n) is 3.97. The summed E-state index contributed by atoms with van der Waals surface area (Å²) in [6.07, 6.45) is 0. The van der Waals surface area contributed by atoms with Crippen molar-refractivity contribution < 1.29 is 9.53 Å². The zero-order chi connectivity index (χ0) is 14.5. The van der Waals surface area contributed by atoms with Crippen LogP contribution in [0.5, 0.6) is 5.75 Å². The van der Waals surface area contributed by atoms with Gasteiger partial charge >= 0.3 is 0 Å². The van der Waals surface area contributed by atoms with Crippen molar-refractivity contribution in [2.24, 2.45) is 0 Å². The Kier molecular flexibility index (Phi) is 4.46. The second kappa shape index (κ2) is 6.29. The SMILES string of the molecule is COc1ccc(NC(=O)CSc2nnc(C)n2N)cc1. The van der Waals surface area contributed by atoms with Crippen LogP contribution >= 0.6 is 11.8 Å². The van der Waals surface area contributed by atoms with E-state index < -0.39 is 0 Å². The highest BCUT2D eigenvalue weighted by Gasteiger charge is 2.09. The van der Waals surface area contributed by atoms with E-state index in [1.807, 2.05) is 0 Å². The lowest BCUT2D eigenvalue weighted by Crippen LogP contribution is -2.16. The van der Waals surface area contributed by atoms with Crippen molar-refractivity contribution in [3.8, 4) is 5.75 Å². The number of nitrogens with one attached hydrogen (secondary N) is 1. The maximum Gasteiger partial charge on any atom is 0.234 e. The number of anilines is 1. The molecule has 0 unspecified atom stereocenters. The van der Waals surface area contributed by atoms with Gasteiger partial charge in [0.2, 0.25) is 11.1 Å². The summed E-state index contributed by atoms with van der Waals surface area (Å²) in [5, 5.41) is 11.0. The van der Waals surface area contributed by atoms with Gasteiger partial charge in [0, 0.05) is 5.69 Å². The number of benzene rings is 1. The molecule has 0 bridgehead atoms. The Bertz CT molecular complexity index is 596. The highest BCUT2D eigenvalue weighted by Crippen LogP contribution is 2.17. The molecule has 1 amide bonds. The van der Waals surface area contributed by atoms with Crippen LogP contribution in [0.4, 0.5) is 5.69 Å². The normalized spacial score (nSPS) is 10.3. The number of thioether (sulfide) groups is 1. The van der Waals surface area contributed by atoms with Crippen molar-refractivity contribution in [2.45, 2.75) is 12.1 Å². The third-order valence-corrected chi connectivity index (χ3v) is 3.48. The predicted molar refractivity (Wildman–Crippen MR) is 77.3 cm³/mol. The Hall–Kier alpha value is -2.22. The minimum Gasteiger partial charge on any atom is -0.497 e. The van der Waals surface area contributed by atoms with Gasteiger partial charge in [-0.05, 0) is 31.2 Å². The van der Waals surface area contributed by atoms with E-state index in [4.69, 9.17) is 10.6 Å². The number of ether oxygens (including phenoxy) is 1. The van der Waals surface area contributed by atoms with Gasteiger partial charge in [0.15, 0.2) is 0 Å². The minimum absolute atomic E-state index is 0.138. The number of hydrogen-bond acceptors (Lipinski definition) is 6. The molecule has 8 heteroatoms. The molecule has 2 aromatic rings. The maximum absolute atomic E-state index is 11.8. The van der Waals surface area contributed by atoms with Crippen LogP contribution in [0.2, 0.25) is 0 Å². The van der Waals surface area contributed by atoms with Gasteiger partial charge in [-0.2, -0.15) is 0 Å². The van der Waals surface area contributed by atoms with E-state index in [0.717, 1.165) is 5.75 Å². The van der Waals surface area contributed by atoms with Gasteiger partial charge in [-0.3, -0.25) is 4.79 Å². The lowest BCUT2D eigenvalue weighted by Gasteiger charge is -2.06. The molecule has 1 aromatic heterocycles. The van der Waals surface area contributed by atoms with Crippen LogP contribution in [0.15, 0.2) is 29.4 Å². The Labute approximate surface area is 120 Å². The number of aryl methyl sites for hydroxylation is 1. The lowest BCUT2D eigenvalue weighted by atomic mass is 10.3. The summed E-state index contributed by atoms with van der Waals surface area (Å²) in [5.41, 5.74) is 0.710. The topological polar surface area (TPSA) is 95.1 Å². The number of nitrogens with two attached hydrogens (primary N) is 1. The zero-order valence-corrected chi connectivity index (χ0v) is 12.0. The van der Waals surface area contributed by atoms with E-state index in [2.05, 4.69) is 15.5 Å². The molecule has 0 aliphatic heterocycles. The van der Waals surface area contributed by atoms with Crippen LogP contribution in [0.1, 0.15) is 5.82 Å². The third kappa shape index (κ3) is 3.41. The molecule has 0 fully saturated rings. The summed E-state index contributed by atoms with van der Waals surface area (Å²) in [4.78, 5) is 11.8. The van der Waals surface area contributed by atoms with Gasteiger partial charge in [-0.25, -0.2) is 4.68 Å². The van der Waals surface area contributed by atoms with Gasteiger partial charge in [0.1, 0.15) is 11.6 Å². The highest BCUT2D eigenvalue weighted by molar-refractivity contribution is 7.99. The summed E-state index contributed by atoms with van der Waals surface area (Å²) in [7, 11) is 1.59. The minimum atomic E-state index is -0.138. The van der Waals surface area contributed by atoms with Crippen LogP contribution in [0, 0.1) is 6.92 Å². The molecule has 2 rings (SSSR count). The third-order valence-electron chi connectivity index (χ3n) is 2.54. The molecule has 0 atom stereocenters. The molecule has 3 N–H and O–H groups in total. The standard InChI is InChI=1S/C12H15N5O2S/c1-8-15-16-12(17(8)13)20-7-11(18)14-9-3-5-10(19-2)6-4-9/h3-6H,7,13H2,1-2H3,(H,14,18). The summed E-state index contributed by atoms with van der Waals surface area (Å²) in [6, 6.07) is 7.11. The van der Waals surface area contributed by atoms with Crippen LogP contribution in [-0.2, 0) is 4.79 Å². The number of methoxy groups -OCH3 is 1. The Balaban J connectivity index is 1.87. The molecule has 0 aliphatic carbocycles. The molecular formula is C12H15N5O2S. The number of nitrogen functional groups attached to an aromatic ring is 1. The first-order chi connectivity index (χ1) is 9.60. The first-order valence-corrected chi connectivity index (χ1v) is 6.82. The summed E-state index contributed by atoms with van der Waals surface area (Å²) < 4.78 is 6.40. The quantitative estimate of drug-likeness (QED) is 0.632. The molecule has 20 heavy (non-hydrogen) atoms. The van der Waals surface area contributed by atoms with Gasteiger partial charge in [-0.15, -0.1) is 10.2 Å². The molecule has 7 nitrogen and oxygen atoms in total. The largest absolute Gasteiger partial charge is 0.497 e. The van der Waals surface area contributed by atoms with Crippen LogP contribution in [0.25, 0.3) is 0 Å². The highest BCUT2D eigenvalue weighted by atomic mass is 32.2. The van der Waals surface area contributed by atoms with Crippen molar-refractivity contribution in [1.29, 1.82) is 0 Å². The fourth-order valence-electron chi connectivity index (χ4n) is 1.45. The van der Waals surface area contributed by atoms with Crippen molar-refractivity contribution in [3.05, 3.63) is 30.1 Å². The van der Waals surface area contributed by atoms with Crippen LogP contribution < -0.4 is 15.9 Å². The molecule has 0 saturated carbocycles. The zero-order valence-electron chi connectivity index (χ0n) is 11.2. The summed E-state index contributed by atoms with van der Waals surface area (Å²) in [6.45, 7) is 1.74. The smallest absolute Gasteiger partial charge is 0.234 e. The lowest BCUT2D eigenvalue weighted by molar-refractivity contribution is -0.113. The fraction of sp³-hybridized carbons (Fsp3) is 0.250. The number of carbonyl (C=O) groups excluding carboxylic acids is 1. The number of amides is 1. The summed E-state index contributed by atoms with van der Waals surface area (Å²) >= 11 is 1.23. The van der Waals surface area contributed by atoms with Gasteiger partial charge in [0.05, 0.1) is 12.9 Å². The van der Waals surface area contributed by atoms with E-state index in [0.29, 0.717) is 16.7 Å². The van der Waals surface area contributed by atoms with Crippen molar-refractivity contribution >= 4 is 23.4 Å². The van der Waals surface area contributed by atoms with E-state index in [-0.39, 0.29) is 11.7 Å². The Morgan fingerprint density at radius 3 is 2.65 bits per heavy atom. The van der Waals surface area contributed by atoms with Crippen LogP contribution in [0.3, 0.4) is 0 Å². The van der Waals surface area contributed by atoms with Gasteiger partial charge < -0.3 is 15.9 Å². The van der Waals surface area contributed by atoms with Crippen LogP contribution in [-0.4, -0.2) is 33.6 Å². The van der Waals surface area contributed by atoms with Crippen molar-refractivity contribution in [1.82, 2.24) is 14.9 Å². The van der Waals surface area contributed by atoms with E-state index in [9.17, 15) is 4.79 Å². The molecule has 1 heterocycles. The first-order valence-electron chi connectivity index (χ1n) is 5.84. The molecule has 0 radical (unpaired) electrons. The number of aromatic nitrogens is 3. The van der Waals surface area contributed by atoms with Gasteiger partial charge in [0.25, 0.3) is 0 Å². The molecule has 1 aromatic carbocycles. The maximum atomic E-state index is 11.8.